The number of carbonyl (C=O) groups excluding carboxylic acids is 1. The molecule has 5 heteroatoms. The minimum Gasteiger partial charge on any atom is -0.330 e. The lowest BCUT2D eigenvalue weighted by Crippen LogP contribution is -2.25. The summed E-state index contributed by atoms with van der Waals surface area (Å²) in [6.07, 6.45) is 6.03. The molecule has 0 atom stereocenters. The summed E-state index contributed by atoms with van der Waals surface area (Å²) in [6, 6.07) is 0. The van der Waals surface area contributed by atoms with Crippen LogP contribution in [0.4, 0.5) is 0 Å². The summed E-state index contributed by atoms with van der Waals surface area (Å²) < 4.78 is 21.9. The normalized spacial score (nSPS) is 25.8. The Morgan fingerprint density at radius 1 is 1.24 bits per heavy atom. The molecular formula is C12H23NO3S. The molecule has 0 aromatic rings. The maximum absolute atomic E-state index is 11.9. The Hall–Kier alpha value is -0.420. The van der Waals surface area contributed by atoms with Crippen molar-refractivity contribution in [1.82, 2.24) is 0 Å². The van der Waals surface area contributed by atoms with Gasteiger partial charge in [0.2, 0.25) is 0 Å². The Morgan fingerprint density at radius 3 is 2.29 bits per heavy atom. The Kier molecular flexibility index (Phi) is 5.59. The molecule has 0 aliphatic heterocycles. The lowest BCUT2D eigenvalue weighted by Gasteiger charge is -2.26. The van der Waals surface area contributed by atoms with Gasteiger partial charge in [0.05, 0.1) is 5.75 Å². The molecule has 0 bridgehead atoms. The number of sulfone groups is 1. The maximum Gasteiger partial charge on any atom is 0.147 e. The Bertz CT molecular complexity index is 343. The van der Waals surface area contributed by atoms with Gasteiger partial charge in [-0.05, 0) is 44.6 Å². The smallest absolute Gasteiger partial charge is 0.147 e. The summed E-state index contributed by atoms with van der Waals surface area (Å²) in [6.45, 7) is 0.717. The SMILES string of the molecule is CS(=O)(=O)CCCC(=O)C1CCC(CN)CC1. The molecule has 4 nitrogen and oxygen atoms in total. The van der Waals surface area contributed by atoms with Crippen LogP contribution in [-0.4, -0.2) is 32.8 Å². The molecule has 0 amide bonds. The Labute approximate surface area is 104 Å². The topological polar surface area (TPSA) is 77.2 Å². The van der Waals surface area contributed by atoms with Gasteiger partial charge in [-0.2, -0.15) is 0 Å². The second-order valence-electron chi connectivity index (χ2n) is 5.15. The van der Waals surface area contributed by atoms with Crippen molar-refractivity contribution in [3.05, 3.63) is 0 Å². The average Bonchev–Trinajstić information content (AvgIpc) is 2.27. The monoisotopic (exact) mass is 261 g/mol. The molecule has 0 aromatic heterocycles. The third-order valence-corrected chi connectivity index (χ3v) is 4.60. The molecular weight excluding hydrogens is 238 g/mol. The molecule has 0 spiro atoms. The number of nitrogens with two attached hydrogens (primary N) is 1. The molecule has 1 fully saturated rings. The molecule has 1 rings (SSSR count). The fourth-order valence-corrected chi connectivity index (χ4v) is 3.10. The highest BCUT2D eigenvalue weighted by atomic mass is 32.2. The number of hydrogen-bond donors (Lipinski definition) is 1. The van der Waals surface area contributed by atoms with Gasteiger partial charge in [0.1, 0.15) is 15.6 Å². The number of carbonyl (C=O) groups is 1. The van der Waals surface area contributed by atoms with E-state index in [9.17, 15) is 13.2 Å². The molecule has 1 aliphatic rings. The third-order valence-electron chi connectivity index (χ3n) is 3.57. The van der Waals surface area contributed by atoms with Crippen LogP contribution in [-0.2, 0) is 14.6 Å². The first-order valence-electron chi connectivity index (χ1n) is 6.33. The molecule has 0 saturated heterocycles. The zero-order valence-corrected chi connectivity index (χ0v) is 11.3. The van der Waals surface area contributed by atoms with E-state index >= 15 is 0 Å². The van der Waals surface area contributed by atoms with Gasteiger partial charge >= 0.3 is 0 Å². The van der Waals surface area contributed by atoms with Gasteiger partial charge in [-0.15, -0.1) is 0 Å². The molecule has 17 heavy (non-hydrogen) atoms. The van der Waals surface area contributed by atoms with Crippen molar-refractivity contribution in [2.45, 2.75) is 38.5 Å². The van der Waals surface area contributed by atoms with Crippen molar-refractivity contribution in [1.29, 1.82) is 0 Å². The molecule has 0 unspecified atom stereocenters. The van der Waals surface area contributed by atoms with Gasteiger partial charge in [-0.1, -0.05) is 0 Å². The van der Waals surface area contributed by atoms with Crippen LogP contribution >= 0.6 is 0 Å². The van der Waals surface area contributed by atoms with E-state index in [0.717, 1.165) is 32.2 Å². The highest BCUT2D eigenvalue weighted by Crippen LogP contribution is 2.29. The molecule has 2 N–H and O–H groups in total. The first-order chi connectivity index (χ1) is 7.92. The number of hydrogen-bond acceptors (Lipinski definition) is 4. The first kappa shape index (κ1) is 14.6. The zero-order chi connectivity index (χ0) is 12.9. The van der Waals surface area contributed by atoms with E-state index in [-0.39, 0.29) is 17.5 Å². The van der Waals surface area contributed by atoms with E-state index in [1.54, 1.807) is 0 Å². The predicted octanol–water partition coefficient (Wildman–Crippen LogP) is 1.15. The average molecular weight is 261 g/mol. The summed E-state index contributed by atoms with van der Waals surface area (Å²) in [5.74, 6) is 1.09. The van der Waals surface area contributed by atoms with Crippen LogP contribution in [0.15, 0.2) is 0 Å². The second kappa shape index (κ2) is 6.50. The standard InChI is InChI=1S/C12H23NO3S/c1-17(15,16)8-2-3-12(14)11-6-4-10(9-13)5-7-11/h10-11H,2-9,13H2,1H3. The Balaban J connectivity index is 2.25. The van der Waals surface area contributed by atoms with Crippen molar-refractivity contribution in [3.63, 3.8) is 0 Å². The van der Waals surface area contributed by atoms with Crippen molar-refractivity contribution in [2.75, 3.05) is 18.6 Å². The molecule has 100 valence electrons. The van der Waals surface area contributed by atoms with E-state index in [0.29, 0.717) is 18.8 Å². The fourth-order valence-electron chi connectivity index (χ4n) is 2.43. The van der Waals surface area contributed by atoms with Crippen LogP contribution in [0.3, 0.4) is 0 Å². The van der Waals surface area contributed by atoms with E-state index in [1.807, 2.05) is 0 Å². The second-order valence-corrected chi connectivity index (χ2v) is 7.41. The van der Waals surface area contributed by atoms with E-state index in [4.69, 9.17) is 5.73 Å². The lowest BCUT2D eigenvalue weighted by molar-refractivity contribution is -0.124. The summed E-state index contributed by atoms with van der Waals surface area (Å²) in [4.78, 5) is 11.9. The van der Waals surface area contributed by atoms with Gasteiger partial charge in [-0.25, -0.2) is 8.42 Å². The summed E-state index contributed by atoms with van der Waals surface area (Å²) in [7, 11) is -2.93. The molecule has 0 radical (unpaired) electrons. The molecule has 1 saturated carbocycles. The van der Waals surface area contributed by atoms with Crippen LogP contribution in [0.2, 0.25) is 0 Å². The zero-order valence-electron chi connectivity index (χ0n) is 10.5. The molecule has 1 aliphatic carbocycles. The summed E-state index contributed by atoms with van der Waals surface area (Å²) in [5.41, 5.74) is 5.60. The van der Waals surface area contributed by atoms with Crippen LogP contribution in [0.1, 0.15) is 38.5 Å². The first-order valence-corrected chi connectivity index (χ1v) is 8.39. The highest BCUT2D eigenvalue weighted by Gasteiger charge is 2.25. The van der Waals surface area contributed by atoms with Crippen LogP contribution in [0.25, 0.3) is 0 Å². The number of rotatable bonds is 6. The number of ketones is 1. The molecule has 0 aromatic carbocycles. The van der Waals surface area contributed by atoms with Gasteiger partial charge in [0.25, 0.3) is 0 Å². The van der Waals surface area contributed by atoms with Gasteiger partial charge in [0, 0.05) is 18.6 Å². The Morgan fingerprint density at radius 2 is 1.82 bits per heavy atom. The van der Waals surface area contributed by atoms with Crippen molar-refractivity contribution >= 4 is 15.6 Å². The van der Waals surface area contributed by atoms with Crippen LogP contribution in [0, 0.1) is 11.8 Å². The largest absolute Gasteiger partial charge is 0.330 e. The summed E-state index contributed by atoms with van der Waals surface area (Å²) >= 11 is 0. The van der Waals surface area contributed by atoms with Gasteiger partial charge in [0.15, 0.2) is 0 Å². The highest BCUT2D eigenvalue weighted by molar-refractivity contribution is 7.90. The fraction of sp³-hybridized carbons (Fsp3) is 0.917. The van der Waals surface area contributed by atoms with Crippen LogP contribution in [0.5, 0.6) is 0 Å². The lowest BCUT2D eigenvalue weighted by atomic mass is 9.79. The minimum absolute atomic E-state index is 0.122. The molecule has 0 heterocycles. The quantitative estimate of drug-likeness (QED) is 0.778. The summed E-state index contributed by atoms with van der Waals surface area (Å²) in [5, 5.41) is 0. The minimum atomic E-state index is -2.93. The van der Waals surface area contributed by atoms with Gasteiger partial charge in [-0.3, -0.25) is 4.79 Å². The predicted molar refractivity (Wildman–Crippen MR) is 68.5 cm³/mol. The van der Waals surface area contributed by atoms with Crippen molar-refractivity contribution in [2.24, 2.45) is 17.6 Å². The maximum atomic E-state index is 11.9. The van der Waals surface area contributed by atoms with Crippen molar-refractivity contribution < 1.29 is 13.2 Å². The third kappa shape index (κ3) is 5.64. The van der Waals surface area contributed by atoms with E-state index in [2.05, 4.69) is 0 Å². The number of Topliss-reactive ketones (excluding diaryl/α,β-unsaturated/α-hetero) is 1. The van der Waals surface area contributed by atoms with E-state index < -0.39 is 9.84 Å². The van der Waals surface area contributed by atoms with Crippen molar-refractivity contribution in [3.8, 4) is 0 Å². The van der Waals surface area contributed by atoms with Crippen LogP contribution < -0.4 is 5.73 Å². The van der Waals surface area contributed by atoms with Gasteiger partial charge < -0.3 is 5.73 Å². The van der Waals surface area contributed by atoms with E-state index in [1.165, 1.54) is 6.26 Å².